The summed E-state index contributed by atoms with van der Waals surface area (Å²) in [6, 6.07) is 3.44. The first-order valence-corrected chi connectivity index (χ1v) is 6.21. The standard InChI is InChI=1S/C13H17ClFNO2/c1-4-18-13(17)12(16-8(2)3)10-6-5-9(14)7-11(10)15/h5-8,12,16H,4H2,1-3H3. The second kappa shape index (κ2) is 6.71. The highest BCUT2D eigenvalue weighted by atomic mass is 35.5. The highest BCUT2D eigenvalue weighted by molar-refractivity contribution is 6.30. The Hall–Kier alpha value is -1.13. The van der Waals surface area contributed by atoms with Gasteiger partial charge in [0.25, 0.3) is 0 Å². The van der Waals surface area contributed by atoms with Crippen molar-refractivity contribution in [2.45, 2.75) is 32.9 Å². The van der Waals surface area contributed by atoms with Gasteiger partial charge in [-0.3, -0.25) is 5.32 Å². The Bertz CT molecular complexity index is 423. The molecular weight excluding hydrogens is 257 g/mol. The molecule has 0 amide bonds. The van der Waals surface area contributed by atoms with E-state index in [1.54, 1.807) is 13.0 Å². The van der Waals surface area contributed by atoms with Crippen LogP contribution in [0.25, 0.3) is 0 Å². The minimum atomic E-state index is -0.817. The van der Waals surface area contributed by atoms with E-state index in [2.05, 4.69) is 5.32 Å². The molecule has 5 heteroatoms. The van der Waals surface area contributed by atoms with Gasteiger partial charge < -0.3 is 4.74 Å². The smallest absolute Gasteiger partial charge is 0.327 e. The molecule has 0 radical (unpaired) electrons. The largest absolute Gasteiger partial charge is 0.465 e. The van der Waals surface area contributed by atoms with Crippen LogP contribution < -0.4 is 5.32 Å². The SMILES string of the molecule is CCOC(=O)C(NC(C)C)c1ccc(Cl)cc1F. The van der Waals surface area contributed by atoms with E-state index in [1.165, 1.54) is 12.1 Å². The zero-order valence-corrected chi connectivity index (χ0v) is 11.4. The van der Waals surface area contributed by atoms with Crippen LogP contribution in [0.15, 0.2) is 18.2 Å². The van der Waals surface area contributed by atoms with Gasteiger partial charge in [0.1, 0.15) is 11.9 Å². The summed E-state index contributed by atoms with van der Waals surface area (Å²) in [6.07, 6.45) is 0. The Morgan fingerprint density at radius 1 is 1.50 bits per heavy atom. The molecule has 0 saturated heterocycles. The quantitative estimate of drug-likeness (QED) is 0.838. The van der Waals surface area contributed by atoms with Gasteiger partial charge in [0, 0.05) is 16.6 Å². The molecule has 0 bridgehead atoms. The summed E-state index contributed by atoms with van der Waals surface area (Å²) in [5.74, 6) is -1.01. The highest BCUT2D eigenvalue weighted by Gasteiger charge is 2.25. The number of esters is 1. The maximum Gasteiger partial charge on any atom is 0.327 e. The average Bonchev–Trinajstić information content (AvgIpc) is 2.26. The number of halogens is 2. The average molecular weight is 274 g/mol. The number of ether oxygens (including phenoxy) is 1. The van der Waals surface area contributed by atoms with Gasteiger partial charge in [-0.25, -0.2) is 9.18 Å². The van der Waals surface area contributed by atoms with Crippen molar-refractivity contribution in [3.63, 3.8) is 0 Å². The van der Waals surface area contributed by atoms with Crippen molar-refractivity contribution in [2.75, 3.05) is 6.61 Å². The summed E-state index contributed by atoms with van der Waals surface area (Å²) in [5, 5.41) is 3.28. The third kappa shape index (κ3) is 3.96. The first kappa shape index (κ1) is 14.9. The molecule has 0 fully saturated rings. The fraction of sp³-hybridized carbons (Fsp3) is 0.462. The first-order chi connectivity index (χ1) is 8.45. The predicted octanol–water partition coefficient (Wildman–Crippen LogP) is 3.08. The number of carbonyl (C=O) groups is 1. The van der Waals surface area contributed by atoms with Crippen LogP contribution in [0.4, 0.5) is 4.39 Å². The normalized spacial score (nSPS) is 12.6. The lowest BCUT2D eigenvalue weighted by Gasteiger charge is -2.20. The summed E-state index contributed by atoms with van der Waals surface area (Å²) in [5.41, 5.74) is 0.242. The van der Waals surface area contributed by atoms with Gasteiger partial charge in [-0.05, 0) is 32.9 Å². The van der Waals surface area contributed by atoms with Crippen LogP contribution in [0.1, 0.15) is 32.4 Å². The van der Waals surface area contributed by atoms with E-state index in [1.807, 2.05) is 13.8 Å². The Morgan fingerprint density at radius 3 is 2.67 bits per heavy atom. The highest BCUT2D eigenvalue weighted by Crippen LogP contribution is 2.22. The second-order valence-corrected chi connectivity index (χ2v) is 4.61. The molecule has 0 saturated carbocycles. The Morgan fingerprint density at radius 2 is 2.17 bits per heavy atom. The van der Waals surface area contributed by atoms with E-state index in [9.17, 15) is 9.18 Å². The molecule has 1 aromatic carbocycles. The Kier molecular flexibility index (Phi) is 5.56. The summed E-state index contributed by atoms with van der Waals surface area (Å²) < 4.78 is 18.8. The zero-order valence-electron chi connectivity index (χ0n) is 10.7. The van der Waals surface area contributed by atoms with Crippen LogP contribution in [0.5, 0.6) is 0 Å². The minimum absolute atomic E-state index is 0.0227. The lowest BCUT2D eigenvalue weighted by Crippen LogP contribution is -2.35. The molecule has 1 unspecified atom stereocenters. The molecule has 100 valence electrons. The van der Waals surface area contributed by atoms with Crippen LogP contribution in [0, 0.1) is 5.82 Å². The first-order valence-electron chi connectivity index (χ1n) is 5.83. The van der Waals surface area contributed by atoms with Crippen molar-refractivity contribution in [1.29, 1.82) is 0 Å². The molecule has 1 aromatic rings. The molecule has 0 aromatic heterocycles. The van der Waals surface area contributed by atoms with E-state index in [0.717, 1.165) is 0 Å². The van der Waals surface area contributed by atoms with Gasteiger partial charge >= 0.3 is 5.97 Å². The molecule has 1 atom stereocenters. The number of rotatable bonds is 5. The molecule has 0 aliphatic rings. The van der Waals surface area contributed by atoms with Crippen LogP contribution in [0.2, 0.25) is 5.02 Å². The fourth-order valence-corrected chi connectivity index (χ4v) is 1.74. The van der Waals surface area contributed by atoms with Gasteiger partial charge in [-0.2, -0.15) is 0 Å². The van der Waals surface area contributed by atoms with E-state index in [-0.39, 0.29) is 18.2 Å². The van der Waals surface area contributed by atoms with Gasteiger partial charge in [-0.15, -0.1) is 0 Å². The number of hydrogen-bond donors (Lipinski definition) is 1. The summed E-state index contributed by atoms with van der Waals surface area (Å²) in [6.45, 7) is 5.72. The minimum Gasteiger partial charge on any atom is -0.465 e. The van der Waals surface area contributed by atoms with Crippen molar-refractivity contribution in [3.8, 4) is 0 Å². The lowest BCUT2D eigenvalue weighted by atomic mass is 10.1. The summed E-state index contributed by atoms with van der Waals surface area (Å²) in [4.78, 5) is 11.8. The molecule has 18 heavy (non-hydrogen) atoms. The number of nitrogens with one attached hydrogen (secondary N) is 1. The summed E-state index contributed by atoms with van der Waals surface area (Å²) in [7, 11) is 0. The molecule has 1 rings (SSSR count). The molecule has 0 aliphatic carbocycles. The number of hydrogen-bond acceptors (Lipinski definition) is 3. The van der Waals surface area contributed by atoms with Crippen LogP contribution >= 0.6 is 11.6 Å². The maximum atomic E-state index is 13.8. The van der Waals surface area contributed by atoms with Crippen molar-refractivity contribution >= 4 is 17.6 Å². The number of benzene rings is 1. The van der Waals surface area contributed by atoms with Gasteiger partial charge in [0.05, 0.1) is 6.61 Å². The van der Waals surface area contributed by atoms with E-state index >= 15 is 0 Å². The lowest BCUT2D eigenvalue weighted by molar-refractivity contribution is -0.146. The zero-order chi connectivity index (χ0) is 13.7. The molecule has 0 spiro atoms. The van der Waals surface area contributed by atoms with Gasteiger partial charge in [0.2, 0.25) is 0 Å². The fourth-order valence-electron chi connectivity index (χ4n) is 1.58. The van der Waals surface area contributed by atoms with Crippen molar-refractivity contribution in [3.05, 3.63) is 34.6 Å². The summed E-state index contributed by atoms with van der Waals surface area (Å²) >= 11 is 5.69. The van der Waals surface area contributed by atoms with E-state index in [0.29, 0.717) is 5.02 Å². The molecule has 0 heterocycles. The maximum absolute atomic E-state index is 13.8. The van der Waals surface area contributed by atoms with Crippen molar-refractivity contribution in [1.82, 2.24) is 5.32 Å². The van der Waals surface area contributed by atoms with Gasteiger partial charge in [-0.1, -0.05) is 17.7 Å². The van der Waals surface area contributed by atoms with Crippen LogP contribution in [0.3, 0.4) is 0 Å². The number of carbonyl (C=O) groups excluding carboxylic acids is 1. The monoisotopic (exact) mass is 273 g/mol. The second-order valence-electron chi connectivity index (χ2n) is 4.17. The molecular formula is C13H17ClFNO2. The Labute approximate surface area is 111 Å². The van der Waals surface area contributed by atoms with Crippen molar-refractivity contribution in [2.24, 2.45) is 0 Å². The van der Waals surface area contributed by atoms with Crippen molar-refractivity contribution < 1.29 is 13.9 Å². The topological polar surface area (TPSA) is 38.3 Å². The van der Waals surface area contributed by atoms with E-state index in [4.69, 9.17) is 16.3 Å². The third-order valence-electron chi connectivity index (χ3n) is 2.30. The molecule has 3 nitrogen and oxygen atoms in total. The molecule has 1 N–H and O–H groups in total. The van der Waals surface area contributed by atoms with Crippen LogP contribution in [-0.4, -0.2) is 18.6 Å². The third-order valence-corrected chi connectivity index (χ3v) is 2.53. The van der Waals surface area contributed by atoms with Gasteiger partial charge in [0.15, 0.2) is 0 Å². The van der Waals surface area contributed by atoms with Crippen LogP contribution in [-0.2, 0) is 9.53 Å². The molecule has 0 aliphatic heterocycles. The van der Waals surface area contributed by atoms with E-state index < -0.39 is 17.8 Å². The Balaban J connectivity index is 3.04. The predicted molar refractivity (Wildman–Crippen MR) is 69.1 cm³/mol.